The maximum Gasteiger partial charge on any atom is 0.0445 e. The van der Waals surface area contributed by atoms with Crippen molar-refractivity contribution in [3.8, 4) is 0 Å². The molecule has 2 heteroatoms. The van der Waals surface area contributed by atoms with Gasteiger partial charge in [0.25, 0.3) is 0 Å². The molecule has 0 bridgehead atoms. The zero-order valence-electron chi connectivity index (χ0n) is 10.5. The van der Waals surface area contributed by atoms with E-state index >= 15 is 0 Å². The van der Waals surface area contributed by atoms with Crippen LogP contribution in [0.2, 0.25) is 0 Å². The van der Waals surface area contributed by atoms with E-state index in [1.54, 1.807) is 0 Å². The fourth-order valence-corrected chi connectivity index (χ4v) is 3.55. The Kier molecular flexibility index (Phi) is 5.11. The number of rotatable bonds is 3. The number of hydrogen-bond donors (Lipinski definition) is 1. The Bertz CT molecular complexity index is 185. The highest BCUT2D eigenvalue weighted by atomic mass is 16.3. The first-order valence-corrected chi connectivity index (χ1v) is 7.28. The molecule has 1 aliphatic carbocycles. The molecule has 2 fully saturated rings. The molecule has 94 valence electrons. The lowest BCUT2D eigenvalue weighted by Crippen LogP contribution is -2.46. The summed E-state index contributed by atoms with van der Waals surface area (Å²) in [5.41, 5.74) is 0. The molecule has 1 saturated heterocycles. The van der Waals surface area contributed by atoms with Crippen LogP contribution in [0.3, 0.4) is 0 Å². The van der Waals surface area contributed by atoms with Crippen LogP contribution in [0.15, 0.2) is 0 Å². The first kappa shape index (κ1) is 12.4. The minimum Gasteiger partial charge on any atom is -0.396 e. The third kappa shape index (κ3) is 3.21. The van der Waals surface area contributed by atoms with Crippen molar-refractivity contribution in [2.45, 2.75) is 76.3 Å². The average Bonchev–Trinajstić information content (AvgIpc) is 2.59. The summed E-state index contributed by atoms with van der Waals surface area (Å²) in [5.74, 6) is 0. The van der Waals surface area contributed by atoms with Gasteiger partial charge in [-0.25, -0.2) is 0 Å². The lowest BCUT2D eigenvalue weighted by atomic mass is 9.95. The van der Waals surface area contributed by atoms with Gasteiger partial charge in [0.15, 0.2) is 0 Å². The van der Waals surface area contributed by atoms with Gasteiger partial charge >= 0.3 is 0 Å². The van der Waals surface area contributed by atoms with E-state index < -0.39 is 0 Å². The van der Waals surface area contributed by atoms with Crippen LogP contribution in [0.25, 0.3) is 0 Å². The molecule has 0 aromatic rings. The van der Waals surface area contributed by atoms with Crippen LogP contribution in [0.4, 0.5) is 0 Å². The predicted molar refractivity (Wildman–Crippen MR) is 67.5 cm³/mol. The largest absolute Gasteiger partial charge is 0.396 e. The molecule has 0 spiro atoms. The normalized spacial score (nSPS) is 30.2. The third-order valence-electron chi connectivity index (χ3n) is 4.43. The molecule has 16 heavy (non-hydrogen) atoms. The standard InChI is InChI=1S/C14H27NO/c16-12-10-14-9-5-6-11-15(14)13-7-3-1-2-4-8-13/h13-14,16H,1-12H2. The van der Waals surface area contributed by atoms with Gasteiger partial charge < -0.3 is 5.11 Å². The van der Waals surface area contributed by atoms with Crippen molar-refractivity contribution in [1.82, 2.24) is 4.90 Å². The number of likely N-dealkylation sites (tertiary alicyclic amines) is 1. The molecule has 2 aliphatic rings. The van der Waals surface area contributed by atoms with Crippen molar-refractivity contribution < 1.29 is 5.11 Å². The number of hydrogen-bond acceptors (Lipinski definition) is 2. The Morgan fingerprint density at radius 3 is 2.25 bits per heavy atom. The molecule has 1 heterocycles. The van der Waals surface area contributed by atoms with E-state index in [4.69, 9.17) is 5.11 Å². The Morgan fingerprint density at radius 2 is 1.56 bits per heavy atom. The lowest BCUT2D eigenvalue weighted by Gasteiger charge is -2.41. The van der Waals surface area contributed by atoms with Gasteiger partial charge in [-0.2, -0.15) is 0 Å². The molecule has 1 aliphatic heterocycles. The van der Waals surface area contributed by atoms with E-state index in [1.807, 2.05) is 0 Å². The van der Waals surface area contributed by atoms with Crippen LogP contribution in [0, 0.1) is 0 Å². The quantitative estimate of drug-likeness (QED) is 0.747. The van der Waals surface area contributed by atoms with Crippen LogP contribution >= 0.6 is 0 Å². The van der Waals surface area contributed by atoms with E-state index in [2.05, 4.69) is 4.90 Å². The van der Waals surface area contributed by atoms with Gasteiger partial charge in [0.1, 0.15) is 0 Å². The second kappa shape index (κ2) is 6.61. The molecule has 0 aromatic carbocycles. The molecule has 0 amide bonds. The van der Waals surface area contributed by atoms with Crippen LogP contribution in [-0.2, 0) is 0 Å². The minimum absolute atomic E-state index is 0.369. The highest BCUT2D eigenvalue weighted by molar-refractivity contribution is 4.83. The topological polar surface area (TPSA) is 23.5 Å². The van der Waals surface area contributed by atoms with Crippen molar-refractivity contribution in [3.05, 3.63) is 0 Å². The zero-order valence-corrected chi connectivity index (χ0v) is 10.5. The third-order valence-corrected chi connectivity index (χ3v) is 4.43. The highest BCUT2D eigenvalue weighted by Crippen LogP contribution is 2.28. The van der Waals surface area contributed by atoms with Crippen LogP contribution < -0.4 is 0 Å². The Morgan fingerprint density at radius 1 is 0.875 bits per heavy atom. The van der Waals surface area contributed by atoms with Gasteiger partial charge in [-0.05, 0) is 38.6 Å². The summed E-state index contributed by atoms with van der Waals surface area (Å²) in [4.78, 5) is 2.74. The molecule has 2 rings (SSSR count). The molecule has 2 nitrogen and oxygen atoms in total. The predicted octanol–water partition coefficient (Wildman–Crippen LogP) is 2.95. The summed E-state index contributed by atoms with van der Waals surface area (Å²) in [7, 11) is 0. The number of nitrogens with zero attached hydrogens (tertiary/aromatic N) is 1. The summed E-state index contributed by atoms with van der Waals surface area (Å²) < 4.78 is 0. The monoisotopic (exact) mass is 225 g/mol. The molecule has 1 atom stereocenters. The van der Waals surface area contributed by atoms with Crippen molar-refractivity contribution in [2.75, 3.05) is 13.2 Å². The van der Waals surface area contributed by atoms with Gasteiger partial charge in [0.05, 0.1) is 0 Å². The molecule has 1 saturated carbocycles. The van der Waals surface area contributed by atoms with Gasteiger partial charge in [-0.1, -0.05) is 32.1 Å². The lowest BCUT2D eigenvalue weighted by molar-refractivity contribution is 0.0681. The second-order valence-corrected chi connectivity index (χ2v) is 5.55. The summed E-state index contributed by atoms with van der Waals surface area (Å²) in [6.45, 7) is 1.66. The Labute approximate surface area is 100 Å². The zero-order chi connectivity index (χ0) is 11.2. The van der Waals surface area contributed by atoms with E-state index in [9.17, 15) is 0 Å². The van der Waals surface area contributed by atoms with Gasteiger partial charge in [-0.15, -0.1) is 0 Å². The summed E-state index contributed by atoms with van der Waals surface area (Å²) in [6.07, 6.45) is 13.6. The molecule has 0 aromatic heterocycles. The molecular formula is C14H27NO. The summed E-state index contributed by atoms with van der Waals surface area (Å²) in [5, 5.41) is 9.16. The average molecular weight is 225 g/mol. The van der Waals surface area contributed by atoms with Crippen LogP contribution in [0.5, 0.6) is 0 Å². The van der Waals surface area contributed by atoms with Crippen molar-refractivity contribution >= 4 is 0 Å². The van der Waals surface area contributed by atoms with Gasteiger partial charge in [0, 0.05) is 18.7 Å². The molecular weight excluding hydrogens is 198 g/mol. The number of aliphatic hydroxyl groups excluding tert-OH is 1. The first-order valence-electron chi connectivity index (χ1n) is 7.28. The minimum atomic E-state index is 0.369. The Balaban J connectivity index is 1.92. The van der Waals surface area contributed by atoms with Crippen molar-refractivity contribution in [3.63, 3.8) is 0 Å². The number of aliphatic hydroxyl groups is 1. The van der Waals surface area contributed by atoms with Crippen molar-refractivity contribution in [1.29, 1.82) is 0 Å². The van der Waals surface area contributed by atoms with Crippen molar-refractivity contribution in [2.24, 2.45) is 0 Å². The second-order valence-electron chi connectivity index (χ2n) is 5.55. The smallest absolute Gasteiger partial charge is 0.0445 e. The molecule has 1 N–H and O–H groups in total. The van der Waals surface area contributed by atoms with Crippen LogP contribution in [-0.4, -0.2) is 35.2 Å². The summed E-state index contributed by atoms with van der Waals surface area (Å²) in [6, 6.07) is 1.51. The van der Waals surface area contributed by atoms with Gasteiger partial charge in [-0.3, -0.25) is 4.90 Å². The fraction of sp³-hybridized carbons (Fsp3) is 1.00. The SMILES string of the molecule is OCCC1CCCCN1C1CCCCCC1. The highest BCUT2D eigenvalue weighted by Gasteiger charge is 2.28. The maximum atomic E-state index is 9.16. The van der Waals surface area contributed by atoms with Gasteiger partial charge in [0.2, 0.25) is 0 Å². The van der Waals surface area contributed by atoms with E-state index in [-0.39, 0.29) is 0 Å². The Hall–Kier alpha value is -0.0800. The maximum absolute atomic E-state index is 9.16. The molecule has 0 radical (unpaired) electrons. The molecule has 1 unspecified atom stereocenters. The van der Waals surface area contributed by atoms with Crippen LogP contribution in [0.1, 0.15) is 64.2 Å². The number of piperidine rings is 1. The van der Waals surface area contributed by atoms with E-state index in [0.29, 0.717) is 12.6 Å². The van der Waals surface area contributed by atoms with E-state index in [1.165, 1.54) is 64.3 Å². The summed E-state index contributed by atoms with van der Waals surface area (Å²) >= 11 is 0. The van der Waals surface area contributed by atoms with E-state index in [0.717, 1.165) is 12.5 Å². The fourth-order valence-electron chi connectivity index (χ4n) is 3.55. The first-order chi connectivity index (χ1) is 7.92.